The summed E-state index contributed by atoms with van der Waals surface area (Å²) in [5.74, 6) is 0.367. The standard InChI is InChI=1S/C17H19N5O3/c1-2-22-16(18-10-19-22)15(11-7-8-11)20-14(23)9-21-12-5-3-4-6-13(12)25-17(21)24/h3-6,10-11,15H,2,7-9H2,1H3,(H,20,23)/t15-/m0/s1. The molecule has 1 amide bonds. The van der Waals surface area contributed by atoms with Crippen LogP contribution in [0.3, 0.4) is 0 Å². The third-order valence-corrected chi connectivity index (χ3v) is 4.51. The Kier molecular flexibility index (Phi) is 3.87. The zero-order valence-corrected chi connectivity index (χ0v) is 13.9. The Morgan fingerprint density at radius 3 is 2.96 bits per heavy atom. The van der Waals surface area contributed by atoms with Gasteiger partial charge in [0.05, 0.1) is 11.6 Å². The predicted octanol–water partition coefficient (Wildman–Crippen LogP) is 1.47. The Morgan fingerprint density at radius 1 is 1.40 bits per heavy atom. The highest BCUT2D eigenvalue weighted by molar-refractivity contribution is 5.79. The van der Waals surface area contributed by atoms with E-state index in [1.807, 2.05) is 13.0 Å². The van der Waals surface area contributed by atoms with Gasteiger partial charge in [-0.3, -0.25) is 9.36 Å². The van der Waals surface area contributed by atoms with Crippen molar-refractivity contribution in [2.75, 3.05) is 0 Å². The van der Waals surface area contributed by atoms with E-state index in [2.05, 4.69) is 15.4 Å². The minimum Gasteiger partial charge on any atom is -0.408 e. The van der Waals surface area contributed by atoms with E-state index in [-0.39, 0.29) is 18.5 Å². The van der Waals surface area contributed by atoms with E-state index in [0.717, 1.165) is 18.7 Å². The Bertz CT molecular complexity index is 966. The van der Waals surface area contributed by atoms with Gasteiger partial charge in [-0.05, 0) is 37.8 Å². The summed E-state index contributed by atoms with van der Waals surface area (Å²) < 4.78 is 8.32. The molecule has 1 aliphatic carbocycles. The molecule has 0 spiro atoms. The molecule has 0 saturated heterocycles. The van der Waals surface area contributed by atoms with Crippen molar-refractivity contribution < 1.29 is 9.21 Å². The first-order valence-corrected chi connectivity index (χ1v) is 8.42. The zero-order chi connectivity index (χ0) is 17.4. The fourth-order valence-electron chi connectivity index (χ4n) is 3.11. The number of hydrogen-bond donors (Lipinski definition) is 1. The molecule has 0 bridgehead atoms. The summed E-state index contributed by atoms with van der Waals surface area (Å²) >= 11 is 0. The number of fused-ring (bicyclic) bond motifs is 1. The lowest BCUT2D eigenvalue weighted by Crippen LogP contribution is -2.36. The van der Waals surface area contributed by atoms with Crippen molar-refractivity contribution in [3.05, 3.63) is 47.0 Å². The van der Waals surface area contributed by atoms with Crippen molar-refractivity contribution >= 4 is 17.0 Å². The quantitative estimate of drug-likeness (QED) is 0.733. The van der Waals surface area contributed by atoms with Gasteiger partial charge in [0.1, 0.15) is 18.7 Å². The SMILES string of the molecule is CCn1ncnc1[C@@H](NC(=O)Cn1c(=O)oc2ccccc21)C1CC1. The predicted molar refractivity (Wildman–Crippen MR) is 89.8 cm³/mol. The summed E-state index contributed by atoms with van der Waals surface area (Å²) in [6.07, 6.45) is 3.61. The summed E-state index contributed by atoms with van der Waals surface area (Å²) in [5.41, 5.74) is 1.09. The number of para-hydroxylation sites is 2. The fourth-order valence-corrected chi connectivity index (χ4v) is 3.11. The number of carbonyl (C=O) groups is 1. The van der Waals surface area contributed by atoms with Crippen molar-refractivity contribution in [2.45, 2.75) is 38.9 Å². The maximum absolute atomic E-state index is 12.6. The van der Waals surface area contributed by atoms with Gasteiger partial charge < -0.3 is 9.73 Å². The van der Waals surface area contributed by atoms with Crippen LogP contribution in [-0.4, -0.2) is 25.2 Å². The van der Waals surface area contributed by atoms with E-state index < -0.39 is 5.76 Å². The second-order valence-corrected chi connectivity index (χ2v) is 6.24. The van der Waals surface area contributed by atoms with Crippen LogP contribution in [0.1, 0.15) is 31.6 Å². The lowest BCUT2D eigenvalue weighted by molar-refractivity contribution is -0.122. The van der Waals surface area contributed by atoms with Gasteiger partial charge >= 0.3 is 5.76 Å². The summed E-state index contributed by atoms with van der Waals surface area (Å²) in [4.78, 5) is 28.9. The molecule has 2 heterocycles. The average molecular weight is 341 g/mol. The summed E-state index contributed by atoms with van der Waals surface area (Å²) in [5, 5.41) is 7.21. The third-order valence-electron chi connectivity index (χ3n) is 4.51. The van der Waals surface area contributed by atoms with Crippen LogP contribution >= 0.6 is 0 Å². The molecule has 1 saturated carbocycles. The molecule has 1 N–H and O–H groups in total. The molecule has 8 heteroatoms. The number of aryl methyl sites for hydroxylation is 1. The summed E-state index contributed by atoms with van der Waals surface area (Å²) in [6, 6.07) is 6.89. The summed E-state index contributed by atoms with van der Waals surface area (Å²) in [6.45, 7) is 2.60. The number of carbonyl (C=O) groups excluding carboxylic acids is 1. The van der Waals surface area contributed by atoms with Crippen LogP contribution in [-0.2, 0) is 17.9 Å². The second-order valence-electron chi connectivity index (χ2n) is 6.24. The molecule has 0 radical (unpaired) electrons. The minimum atomic E-state index is -0.531. The van der Waals surface area contributed by atoms with Crippen molar-refractivity contribution in [3.63, 3.8) is 0 Å². The van der Waals surface area contributed by atoms with Crippen molar-refractivity contribution in [1.82, 2.24) is 24.6 Å². The molecule has 1 atom stereocenters. The minimum absolute atomic E-state index is 0.0840. The van der Waals surface area contributed by atoms with E-state index >= 15 is 0 Å². The molecule has 0 unspecified atom stereocenters. The number of rotatable bonds is 6. The molecule has 1 aliphatic rings. The van der Waals surface area contributed by atoms with E-state index in [0.29, 0.717) is 23.6 Å². The number of nitrogens with one attached hydrogen (secondary N) is 1. The van der Waals surface area contributed by atoms with Gasteiger partial charge in [0.2, 0.25) is 5.91 Å². The molecular weight excluding hydrogens is 322 g/mol. The monoisotopic (exact) mass is 341 g/mol. The molecule has 0 aliphatic heterocycles. The fraction of sp³-hybridized carbons (Fsp3) is 0.412. The Labute approximate surface area is 143 Å². The van der Waals surface area contributed by atoms with Crippen LogP contribution in [0.4, 0.5) is 0 Å². The second kappa shape index (κ2) is 6.19. The number of oxazole rings is 1. The molecule has 8 nitrogen and oxygen atoms in total. The van der Waals surface area contributed by atoms with E-state index in [4.69, 9.17) is 4.42 Å². The maximum Gasteiger partial charge on any atom is 0.420 e. The van der Waals surface area contributed by atoms with Crippen LogP contribution in [0, 0.1) is 5.92 Å². The largest absolute Gasteiger partial charge is 0.420 e. The number of benzene rings is 1. The topological polar surface area (TPSA) is 95.0 Å². The molecule has 2 aromatic heterocycles. The molecule has 4 rings (SSSR count). The van der Waals surface area contributed by atoms with Crippen molar-refractivity contribution in [1.29, 1.82) is 0 Å². The first-order valence-electron chi connectivity index (χ1n) is 8.42. The zero-order valence-electron chi connectivity index (χ0n) is 13.9. The summed E-state index contributed by atoms with van der Waals surface area (Å²) in [7, 11) is 0. The lowest BCUT2D eigenvalue weighted by atomic mass is 10.1. The smallest absolute Gasteiger partial charge is 0.408 e. The van der Waals surface area contributed by atoms with Gasteiger partial charge in [-0.15, -0.1) is 0 Å². The third kappa shape index (κ3) is 2.95. The number of nitrogens with zero attached hydrogens (tertiary/aromatic N) is 4. The van der Waals surface area contributed by atoms with E-state index in [1.165, 1.54) is 10.9 Å². The van der Waals surface area contributed by atoms with Gasteiger partial charge in [-0.1, -0.05) is 12.1 Å². The average Bonchev–Trinajstić information content (AvgIpc) is 3.26. The molecule has 3 aromatic rings. The van der Waals surface area contributed by atoms with Crippen LogP contribution in [0.5, 0.6) is 0 Å². The van der Waals surface area contributed by atoms with Gasteiger partial charge in [-0.2, -0.15) is 5.10 Å². The van der Waals surface area contributed by atoms with Gasteiger partial charge in [0.25, 0.3) is 0 Å². The van der Waals surface area contributed by atoms with Gasteiger partial charge in [0.15, 0.2) is 5.58 Å². The van der Waals surface area contributed by atoms with Crippen molar-refractivity contribution in [3.8, 4) is 0 Å². The van der Waals surface area contributed by atoms with E-state index in [1.54, 1.807) is 22.9 Å². The highest BCUT2D eigenvalue weighted by Gasteiger charge is 2.36. The first-order chi connectivity index (χ1) is 12.2. The van der Waals surface area contributed by atoms with E-state index in [9.17, 15) is 9.59 Å². The lowest BCUT2D eigenvalue weighted by Gasteiger charge is -2.18. The Hall–Kier alpha value is -2.90. The molecule has 130 valence electrons. The van der Waals surface area contributed by atoms with Gasteiger partial charge in [0, 0.05) is 6.54 Å². The maximum atomic E-state index is 12.6. The van der Waals surface area contributed by atoms with Crippen molar-refractivity contribution in [2.24, 2.45) is 5.92 Å². The van der Waals surface area contributed by atoms with Crippen LogP contribution in [0.15, 0.2) is 39.8 Å². The highest BCUT2D eigenvalue weighted by Crippen LogP contribution is 2.40. The Morgan fingerprint density at radius 2 is 2.20 bits per heavy atom. The molecule has 25 heavy (non-hydrogen) atoms. The first kappa shape index (κ1) is 15.6. The highest BCUT2D eigenvalue weighted by atomic mass is 16.4. The molecular formula is C17H19N5O3. The van der Waals surface area contributed by atoms with Crippen LogP contribution in [0.2, 0.25) is 0 Å². The molecule has 1 aromatic carbocycles. The van der Waals surface area contributed by atoms with Gasteiger partial charge in [-0.25, -0.2) is 14.5 Å². The molecule has 1 fully saturated rings. The normalized spacial score (nSPS) is 15.4. The number of amides is 1. The van der Waals surface area contributed by atoms with Crippen LogP contribution < -0.4 is 11.1 Å². The number of hydrogen-bond acceptors (Lipinski definition) is 5. The Balaban J connectivity index is 1.56. The van der Waals surface area contributed by atoms with Crippen LogP contribution in [0.25, 0.3) is 11.1 Å². The number of aromatic nitrogens is 4.